The Bertz CT molecular complexity index is 208. The molecule has 0 saturated heterocycles. The van der Waals surface area contributed by atoms with E-state index in [0.717, 1.165) is 0 Å². The zero-order valence-electron chi connectivity index (χ0n) is 7.36. The van der Waals surface area contributed by atoms with E-state index in [4.69, 9.17) is 4.74 Å². The molecule has 2 unspecified atom stereocenters. The fourth-order valence-electron chi connectivity index (χ4n) is 0.958. The molecule has 3 heteroatoms. The average Bonchev–Trinajstić information content (AvgIpc) is 2.55. The van der Waals surface area contributed by atoms with Gasteiger partial charge in [-0.2, -0.15) is 0 Å². The summed E-state index contributed by atoms with van der Waals surface area (Å²) in [4.78, 5) is 1.20. The van der Waals surface area contributed by atoms with Gasteiger partial charge in [-0.1, -0.05) is 6.07 Å². The van der Waals surface area contributed by atoms with Crippen molar-refractivity contribution in [3.05, 3.63) is 22.4 Å². The van der Waals surface area contributed by atoms with Gasteiger partial charge in [0.05, 0.1) is 12.2 Å². The van der Waals surface area contributed by atoms with E-state index >= 15 is 0 Å². The lowest BCUT2D eigenvalue weighted by atomic mass is 10.1. The molecule has 0 saturated carbocycles. The van der Waals surface area contributed by atoms with Gasteiger partial charge in [0.15, 0.2) is 0 Å². The first-order valence-electron chi connectivity index (χ1n) is 3.97. The molecule has 0 spiro atoms. The van der Waals surface area contributed by atoms with E-state index in [0.29, 0.717) is 6.42 Å². The highest BCUT2D eigenvalue weighted by molar-refractivity contribution is 7.09. The number of hydrogen-bond acceptors (Lipinski definition) is 3. The maximum Gasteiger partial charge on any atom is 0.0847 e. The minimum atomic E-state index is -0.395. The molecule has 12 heavy (non-hydrogen) atoms. The molecule has 0 fully saturated rings. The first-order valence-corrected chi connectivity index (χ1v) is 4.85. The lowest BCUT2D eigenvalue weighted by Crippen LogP contribution is -2.26. The summed E-state index contributed by atoms with van der Waals surface area (Å²) < 4.78 is 5.02. The van der Waals surface area contributed by atoms with Crippen LogP contribution in [0, 0.1) is 0 Å². The van der Waals surface area contributed by atoms with Crippen LogP contribution < -0.4 is 0 Å². The van der Waals surface area contributed by atoms with Gasteiger partial charge in [-0.25, -0.2) is 0 Å². The number of methoxy groups -OCH3 is 1. The van der Waals surface area contributed by atoms with Crippen LogP contribution in [0.5, 0.6) is 0 Å². The van der Waals surface area contributed by atoms with Crippen LogP contribution in [0.1, 0.15) is 11.8 Å². The van der Waals surface area contributed by atoms with E-state index < -0.39 is 6.10 Å². The van der Waals surface area contributed by atoms with Crippen LogP contribution in [0.2, 0.25) is 0 Å². The second kappa shape index (κ2) is 4.60. The second-order valence-electron chi connectivity index (χ2n) is 2.79. The van der Waals surface area contributed by atoms with Crippen molar-refractivity contribution in [2.45, 2.75) is 25.6 Å². The summed E-state index contributed by atoms with van der Waals surface area (Å²) in [6.45, 7) is 1.87. The van der Waals surface area contributed by atoms with Crippen LogP contribution in [0.15, 0.2) is 17.5 Å². The van der Waals surface area contributed by atoms with Crippen molar-refractivity contribution in [3.8, 4) is 0 Å². The van der Waals surface area contributed by atoms with Crippen molar-refractivity contribution in [2.24, 2.45) is 0 Å². The normalized spacial score (nSPS) is 15.9. The molecule has 2 atom stereocenters. The van der Waals surface area contributed by atoms with Crippen LogP contribution in [-0.2, 0) is 11.2 Å². The molecule has 1 heterocycles. The Labute approximate surface area is 76.8 Å². The molecule has 0 aromatic carbocycles. The number of ether oxygens (including phenoxy) is 1. The first kappa shape index (κ1) is 9.71. The zero-order valence-corrected chi connectivity index (χ0v) is 8.17. The van der Waals surface area contributed by atoms with Crippen LogP contribution in [0.4, 0.5) is 0 Å². The molecule has 0 bridgehead atoms. The zero-order chi connectivity index (χ0) is 8.97. The SMILES string of the molecule is COC(C)C(O)Cc1cccs1. The van der Waals surface area contributed by atoms with Gasteiger partial charge < -0.3 is 9.84 Å². The summed E-state index contributed by atoms with van der Waals surface area (Å²) in [6.07, 6.45) is 0.202. The Kier molecular flexibility index (Phi) is 3.72. The molecule has 1 aromatic rings. The van der Waals surface area contributed by atoms with E-state index in [2.05, 4.69) is 0 Å². The predicted molar refractivity (Wildman–Crippen MR) is 50.5 cm³/mol. The standard InChI is InChI=1S/C9H14O2S/c1-7(11-2)9(10)6-8-4-3-5-12-8/h3-5,7,9-10H,6H2,1-2H3. The number of hydrogen-bond donors (Lipinski definition) is 1. The molecule has 2 nitrogen and oxygen atoms in total. The van der Waals surface area contributed by atoms with Gasteiger partial charge in [-0.05, 0) is 18.4 Å². The number of aliphatic hydroxyl groups excluding tert-OH is 1. The number of rotatable bonds is 4. The summed E-state index contributed by atoms with van der Waals surface area (Å²) in [7, 11) is 1.61. The van der Waals surface area contributed by atoms with E-state index in [1.54, 1.807) is 18.4 Å². The van der Waals surface area contributed by atoms with E-state index in [9.17, 15) is 5.11 Å². The van der Waals surface area contributed by atoms with Gasteiger partial charge in [0.25, 0.3) is 0 Å². The van der Waals surface area contributed by atoms with Crippen molar-refractivity contribution in [2.75, 3.05) is 7.11 Å². The van der Waals surface area contributed by atoms with Gasteiger partial charge in [0.1, 0.15) is 0 Å². The molecule has 0 radical (unpaired) electrons. The first-order chi connectivity index (χ1) is 5.74. The minimum Gasteiger partial charge on any atom is -0.390 e. The smallest absolute Gasteiger partial charge is 0.0847 e. The van der Waals surface area contributed by atoms with Crippen molar-refractivity contribution in [3.63, 3.8) is 0 Å². The van der Waals surface area contributed by atoms with Crippen LogP contribution in [0.25, 0.3) is 0 Å². The van der Waals surface area contributed by atoms with Gasteiger partial charge in [0, 0.05) is 18.4 Å². The average molecular weight is 186 g/mol. The minimum absolute atomic E-state index is 0.0906. The van der Waals surface area contributed by atoms with Crippen LogP contribution in [0.3, 0.4) is 0 Å². The Morgan fingerprint density at radius 2 is 2.42 bits per heavy atom. The summed E-state index contributed by atoms with van der Waals surface area (Å²) >= 11 is 1.66. The fourth-order valence-corrected chi connectivity index (χ4v) is 1.71. The van der Waals surface area contributed by atoms with Crippen LogP contribution in [-0.4, -0.2) is 24.4 Å². The molecular weight excluding hydrogens is 172 g/mol. The monoisotopic (exact) mass is 186 g/mol. The molecule has 0 aliphatic heterocycles. The highest BCUT2D eigenvalue weighted by atomic mass is 32.1. The lowest BCUT2D eigenvalue weighted by Gasteiger charge is -2.15. The van der Waals surface area contributed by atoms with Crippen molar-refractivity contribution >= 4 is 11.3 Å². The number of aliphatic hydroxyl groups is 1. The molecule has 0 amide bonds. The Hall–Kier alpha value is -0.380. The highest BCUT2D eigenvalue weighted by Crippen LogP contribution is 2.13. The van der Waals surface area contributed by atoms with Crippen molar-refractivity contribution in [1.29, 1.82) is 0 Å². The van der Waals surface area contributed by atoms with Gasteiger partial charge in [0.2, 0.25) is 0 Å². The maximum atomic E-state index is 9.57. The largest absolute Gasteiger partial charge is 0.390 e. The van der Waals surface area contributed by atoms with Crippen molar-refractivity contribution in [1.82, 2.24) is 0 Å². The van der Waals surface area contributed by atoms with E-state index in [1.165, 1.54) is 4.88 Å². The molecule has 68 valence electrons. The molecular formula is C9H14O2S. The van der Waals surface area contributed by atoms with Gasteiger partial charge in [-0.15, -0.1) is 11.3 Å². The summed E-state index contributed by atoms with van der Waals surface area (Å²) in [5.41, 5.74) is 0. The molecule has 0 aliphatic rings. The van der Waals surface area contributed by atoms with Gasteiger partial charge in [-0.3, -0.25) is 0 Å². The van der Waals surface area contributed by atoms with Crippen molar-refractivity contribution < 1.29 is 9.84 Å². The predicted octanol–water partition coefficient (Wildman–Crippen LogP) is 1.69. The Balaban J connectivity index is 2.41. The molecule has 1 N–H and O–H groups in total. The van der Waals surface area contributed by atoms with Gasteiger partial charge >= 0.3 is 0 Å². The Morgan fingerprint density at radius 1 is 1.67 bits per heavy atom. The highest BCUT2D eigenvalue weighted by Gasteiger charge is 2.13. The fraction of sp³-hybridized carbons (Fsp3) is 0.556. The van der Waals surface area contributed by atoms with E-state index in [-0.39, 0.29) is 6.10 Å². The van der Waals surface area contributed by atoms with Crippen LogP contribution >= 0.6 is 11.3 Å². The third kappa shape index (κ3) is 2.59. The molecule has 1 aromatic heterocycles. The Morgan fingerprint density at radius 3 is 2.92 bits per heavy atom. The van der Waals surface area contributed by atoms with E-state index in [1.807, 2.05) is 24.4 Å². The lowest BCUT2D eigenvalue weighted by molar-refractivity contribution is 0.000790. The number of thiophene rings is 1. The third-order valence-corrected chi connectivity index (χ3v) is 2.80. The summed E-state index contributed by atoms with van der Waals surface area (Å²) in [5, 5.41) is 11.6. The molecule has 0 aliphatic carbocycles. The maximum absolute atomic E-state index is 9.57. The topological polar surface area (TPSA) is 29.5 Å². The second-order valence-corrected chi connectivity index (χ2v) is 3.82. The summed E-state index contributed by atoms with van der Waals surface area (Å²) in [6, 6.07) is 4.01. The molecule has 1 rings (SSSR count). The summed E-state index contributed by atoms with van der Waals surface area (Å²) in [5.74, 6) is 0. The quantitative estimate of drug-likeness (QED) is 0.775. The third-order valence-electron chi connectivity index (χ3n) is 1.90.